The van der Waals surface area contributed by atoms with Crippen LogP contribution in [0.5, 0.6) is 0 Å². The summed E-state index contributed by atoms with van der Waals surface area (Å²) in [6, 6.07) is 9.85. The first-order chi connectivity index (χ1) is 7.18. The van der Waals surface area contributed by atoms with Gasteiger partial charge < -0.3 is 4.74 Å². The van der Waals surface area contributed by atoms with Gasteiger partial charge in [-0.3, -0.25) is 4.79 Å². The molecule has 0 saturated heterocycles. The Morgan fingerprint density at radius 2 is 2.20 bits per heavy atom. The number of hydrogen-bond acceptors (Lipinski definition) is 2. The first-order valence-corrected chi connectivity index (χ1v) is 5.47. The minimum Gasteiger partial charge on any atom is -0.465 e. The molecule has 1 aliphatic rings. The fourth-order valence-corrected chi connectivity index (χ4v) is 2.12. The van der Waals surface area contributed by atoms with Crippen molar-refractivity contribution in [2.24, 2.45) is 0 Å². The van der Waals surface area contributed by atoms with Gasteiger partial charge in [-0.1, -0.05) is 30.3 Å². The summed E-state index contributed by atoms with van der Waals surface area (Å²) >= 11 is 6.20. The van der Waals surface area contributed by atoms with Crippen molar-refractivity contribution in [3.8, 4) is 0 Å². The minimum absolute atomic E-state index is 0.111. The predicted octanol–water partition coefficient (Wildman–Crippen LogP) is 2.71. The third kappa shape index (κ3) is 1.86. The summed E-state index contributed by atoms with van der Waals surface area (Å²) in [4.78, 5) is 10.7. The van der Waals surface area contributed by atoms with Crippen LogP contribution >= 0.6 is 11.6 Å². The zero-order valence-electron chi connectivity index (χ0n) is 8.57. The number of ether oxygens (including phenoxy) is 1. The second-order valence-electron chi connectivity index (χ2n) is 3.75. The number of rotatable bonds is 3. The Hall–Kier alpha value is -1.02. The average Bonchev–Trinajstić information content (AvgIpc) is 2.94. The highest BCUT2D eigenvalue weighted by molar-refractivity contribution is 6.37. The molecule has 0 N–H and O–H groups in total. The van der Waals surface area contributed by atoms with Crippen molar-refractivity contribution in [2.45, 2.75) is 24.1 Å². The number of carbonyl (C=O) groups is 1. The molecule has 0 aliphatic heterocycles. The molecule has 3 heteroatoms. The van der Waals surface area contributed by atoms with Crippen LogP contribution in [0.2, 0.25) is 0 Å². The maximum Gasteiger partial charge on any atom is 0.327 e. The molecule has 2 unspecified atom stereocenters. The number of benzene rings is 1. The van der Waals surface area contributed by atoms with Crippen molar-refractivity contribution in [2.75, 3.05) is 6.61 Å². The van der Waals surface area contributed by atoms with Gasteiger partial charge in [0.2, 0.25) is 0 Å². The van der Waals surface area contributed by atoms with E-state index in [0.717, 1.165) is 5.56 Å². The van der Waals surface area contributed by atoms with Gasteiger partial charge in [-0.2, -0.15) is 0 Å². The molecule has 80 valence electrons. The zero-order valence-corrected chi connectivity index (χ0v) is 9.33. The van der Waals surface area contributed by atoms with E-state index < -0.39 is 4.87 Å². The molecule has 2 nitrogen and oxygen atoms in total. The van der Waals surface area contributed by atoms with Crippen molar-refractivity contribution in [1.82, 2.24) is 0 Å². The van der Waals surface area contributed by atoms with Crippen LogP contribution in [-0.2, 0) is 9.53 Å². The fraction of sp³-hybridized carbons (Fsp3) is 0.417. The topological polar surface area (TPSA) is 26.3 Å². The van der Waals surface area contributed by atoms with Crippen LogP contribution in [-0.4, -0.2) is 17.5 Å². The number of alkyl halides is 1. The van der Waals surface area contributed by atoms with Gasteiger partial charge in [-0.25, -0.2) is 0 Å². The highest BCUT2D eigenvalue weighted by Gasteiger charge is 2.60. The van der Waals surface area contributed by atoms with Crippen molar-refractivity contribution in [1.29, 1.82) is 0 Å². The van der Waals surface area contributed by atoms with Crippen LogP contribution in [0.3, 0.4) is 0 Å². The summed E-state index contributed by atoms with van der Waals surface area (Å²) in [5.74, 6) is -0.181. The van der Waals surface area contributed by atoms with E-state index in [1.165, 1.54) is 0 Å². The van der Waals surface area contributed by atoms with Crippen LogP contribution in [0.25, 0.3) is 0 Å². The van der Waals surface area contributed by atoms with E-state index in [-0.39, 0.29) is 11.9 Å². The van der Waals surface area contributed by atoms with Gasteiger partial charge in [0.25, 0.3) is 0 Å². The van der Waals surface area contributed by atoms with Gasteiger partial charge in [0, 0.05) is 5.92 Å². The third-order valence-corrected chi connectivity index (χ3v) is 3.28. The maximum atomic E-state index is 11.6. The quantitative estimate of drug-likeness (QED) is 0.583. The number of esters is 1. The van der Waals surface area contributed by atoms with Gasteiger partial charge in [-0.15, -0.1) is 11.6 Å². The van der Waals surface area contributed by atoms with Crippen LogP contribution in [0.4, 0.5) is 0 Å². The van der Waals surface area contributed by atoms with Crippen molar-refractivity contribution >= 4 is 17.6 Å². The smallest absolute Gasteiger partial charge is 0.327 e. The van der Waals surface area contributed by atoms with Gasteiger partial charge in [0.15, 0.2) is 0 Å². The molecule has 1 fully saturated rings. The van der Waals surface area contributed by atoms with E-state index in [2.05, 4.69) is 0 Å². The summed E-state index contributed by atoms with van der Waals surface area (Å²) in [6.45, 7) is 2.17. The SMILES string of the molecule is CCOC(=O)C1(Cl)CC1c1ccccc1. The Morgan fingerprint density at radius 1 is 1.53 bits per heavy atom. The molecule has 1 saturated carbocycles. The molecule has 0 spiro atoms. The van der Waals surface area contributed by atoms with Gasteiger partial charge >= 0.3 is 5.97 Å². The molecule has 15 heavy (non-hydrogen) atoms. The van der Waals surface area contributed by atoms with Gasteiger partial charge in [-0.05, 0) is 18.9 Å². The summed E-state index contributed by atoms with van der Waals surface area (Å²) in [5.41, 5.74) is 1.11. The summed E-state index contributed by atoms with van der Waals surface area (Å²) < 4.78 is 4.95. The number of carbonyl (C=O) groups excluding carboxylic acids is 1. The van der Waals surface area contributed by atoms with Crippen molar-refractivity contribution in [3.05, 3.63) is 35.9 Å². The van der Waals surface area contributed by atoms with Crippen molar-refractivity contribution in [3.63, 3.8) is 0 Å². The molecule has 2 rings (SSSR count). The van der Waals surface area contributed by atoms with Crippen LogP contribution in [0.1, 0.15) is 24.8 Å². The molecule has 0 radical (unpaired) electrons. The molecule has 2 atom stereocenters. The lowest BCUT2D eigenvalue weighted by molar-refractivity contribution is -0.143. The molecule has 0 bridgehead atoms. The van der Waals surface area contributed by atoms with Crippen LogP contribution < -0.4 is 0 Å². The van der Waals surface area contributed by atoms with E-state index >= 15 is 0 Å². The second-order valence-corrected chi connectivity index (χ2v) is 4.42. The lowest BCUT2D eigenvalue weighted by Crippen LogP contribution is -2.21. The second kappa shape index (κ2) is 3.86. The Bertz CT molecular complexity index is 363. The monoisotopic (exact) mass is 224 g/mol. The maximum absolute atomic E-state index is 11.6. The largest absolute Gasteiger partial charge is 0.465 e. The van der Waals surface area contributed by atoms with E-state index in [0.29, 0.717) is 13.0 Å². The highest BCUT2D eigenvalue weighted by atomic mass is 35.5. The molecule has 1 aromatic rings. The highest BCUT2D eigenvalue weighted by Crippen LogP contribution is 2.57. The molecule has 0 aromatic heterocycles. The Kier molecular flexibility index (Phi) is 2.70. The predicted molar refractivity (Wildman–Crippen MR) is 59.0 cm³/mol. The Labute approximate surface area is 94.2 Å². The Balaban J connectivity index is 2.09. The lowest BCUT2D eigenvalue weighted by Gasteiger charge is -2.07. The average molecular weight is 225 g/mol. The zero-order chi connectivity index (χ0) is 10.9. The molecule has 1 aliphatic carbocycles. The fourth-order valence-electron chi connectivity index (χ4n) is 1.78. The third-order valence-electron chi connectivity index (χ3n) is 2.71. The van der Waals surface area contributed by atoms with E-state index in [1.54, 1.807) is 6.92 Å². The lowest BCUT2D eigenvalue weighted by atomic mass is 10.1. The first-order valence-electron chi connectivity index (χ1n) is 5.09. The molecule has 0 heterocycles. The van der Waals surface area contributed by atoms with E-state index in [4.69, 9.17) is 16.3 Å². The number of halogens is 1. The van der Waals surface area contributed by atoms with Crippen LogP contribution in [0.15, 0.2) is 30.3 Å². The van der Waals surface area contributed by atoms with Gasteiger partial charge in [0.05, 0.1) is 6.61 Å². The standard InChI is InChI=1S/C12H13ClO2/c1-2-15-11(14)12(13)8-10(12)9-6-4-3-5-7-9/h3-7,10H,2,8H2,1H3. The van der Waals surface area contributed by atoms with Crippen LogP contribution in [0, 0.1) is 0 Å². The normalized spacial score (nSPS) is 28.5. The molecular weight excluding hydrogens is 212 g/mol. The van der Waals surface area contributed by atoms with E-state index in [9.17, 15) is 4.79 Å². The summed E-state index contributed by atoms with van der Waals surface area (Å²) in [6.07, 6.45) is 0.678. The van der Waals surface area contributed by atoms with E-state index in [1.807, 2.05) is 30.3 Å². The Morgan fingerprint density at radius 3 is 2.80 bits per heavy atom. The number of hydrogen-bond donors (Lipinski definition) is 0. The summed E-state index contributed by atoms with van der Waals surface area (Å²) in [7, 11) is 0. The summed E-state index contributed by atoms with van der Waals surface area (Å²) in [5, 5.41) is 0. The first kappa shape index (κ1) is 10.5. The van der Waals surface area contributed by atoms with Gasteiger partial charge in [0.1, 0.15) is 4.87 Å². The molecule has 0 amide bonds. The molecule has 1 aromatic carbocycles. The minimum atomic E-state index is -0.808. The molecular formula is C12H13ClO2. The van der Waals surface area contributed by atoms with Crippen molar-refractivity contribution < 1.29 is 9.53 Å².